The average Bonchev–Trinajstić information content (AvgIpc) is 2.70. The first-order chi connectivity index (χ1) is 8.58. The van der Waals surface area contributed by atoms with Crippen molar-refractivity contribution in [1.29, 1.82) is 0 Å². The van der Waals surface area contributed by atoms with Gasteiger partial charge in [0.1, 0.15) is 0 Å². The molecule has 0 spiro atoms. The number of aryl methyl sites for hydroxylation is 1. The molecule has 0 amide bonds. The third kappa shape index (κ3) is 2.85. The van der Waals surface area contributed by atoms with E-state index in [0.29, 0.717) is 0 Å². The molecule has 1 aromatic carbocycles. The predicted molar refractivity (Wildman–Crippen MR) is 75.0 cm³/mol. The first kappa shape index (κ1) is 13.0. The molecule has 0 unspecified atom stereocenters. The number of nitrogen functional groups attached to an aromatic ring is 1. The summed E-state index contributed by atoms with van der Waals surface area (Å²) in [5.74, 6) is 7.93. The number of aromatic nitrogens is 3. The standard InChI is InChI=1S/C13H18N4S/c1-9(2)12-15-16-13(17(12)14)18-8-11-6-4-10(3)5-7-11/h4-7,9H,8,14H2,1-3H3. The second-order valence-electron chi connectivity index (χ2n) is 4.64. The van der Waals surface area contributed by atoms with Crippen LogP contribution in [0.15, 0.2) is 29.4 Å². The molecular formula is C13H18N4S. The van der Waals surface area contributed by atoms with E-state index in [9.17, 15) is 0 Å². The maximum Gasteiger partial charge on any atom is 0.210 e. The van der Waals surface area contributed by atoms with Crippen molar-refractivity contribution < 1.29 is 0 Å². The van der Waals surface area contributed by atoms with Gasteiger partial charge in [-0.1, -0.05) is 55.4 Å². The molecule has 18 heavy (non-hydrogen) atoms. The Balaban J connectivity index is 2.04. The molecule has 1 heterocycles. The Kier molecular flexibility index (Phi) is 3.91. The summed E-state index contributed by atoms with van der Waals surface area (Å²) in [6, 6.07) is 8.48. The normalized spacial score (nSPS) is 11.1. The van der Waals surface area contributed by atoms with Crippen molar-refractivity contribution in [2.24, 2.45) is 0 Å². The van der Waals surface area contributed by atoms with Gasteiger partial charge in [-0.3, -0.25) is 0 Å². The van der Waals surface area contributed by atoms with E-state index in [0.717, 1.165) is 16.7 Å². The Morgan fingerprint density at radius 3 is 2.44 bits per heavy atom. The zero-order valence-corrected chi connectivity index (χ0v) is 11.7. The van der Waals surface area contributed by atoms with E-state index in [-0.39, 0.29) is 5.92 Å². The van der Waals surface area contributed by atoms with Crippen LogP contribution in [0, 0.1) is 6.92 Å². The molecule has 2 aromatic rings. The smallest absolute Gasteiger partial charge is 0.210 e. The van der Waals surface area contributed by atoms with E-state index in [1.165, 1.54) is 11.1 Å². The lowest BCUT2D eigenvalue weighted by Gasteiger charge is -2.05. The lowest BCUT2D eigenvalue weighted by molar-refractivity contribution is 0.712. The Morgan fingerprint density at radius 1 is 1.22 bits per heavy atom. The van der Waals surface area contributed by atoms with Crippen molar-refractivity contribution in [2.45, 2.75) is 37.6 Å². The van der Waals surface area contributed by atoms with Crippen molar-refractivity contribution in [3.05, 3.63) is 41.2 Å². The van der Waals surface area contributed by atoms with Crippen molar-refractivity contribution in [1.82, 2.24) is 14.9 Å². The van der Waals surface area contributed by atoms with Crippen LogP contribution in [0.3, 0.4) is 0 Å². The minimum absolute atomic E-state index is 0.288. The zero-order valence-electron chi connectivity index (χ0n) is 10.9. The van der Waals surface area contributed by atoms with E-state index in [1.807, 2.05) is 0 Å². The molecule has 0 aliphatic heterocycles. The summed E-state index contributed by atoms with van der Waals surface area (Å²) < 4.78 is 1.59. The summed E-state index contributed by atoms with van der Waals surface area (Å²) in [5, 5.41) is 8.99. The zero-order chi connectivity index (χ0) is 13.1. The summed E-state index contributed by atoms with van der Waals surface area (Å²) >= 11 is 1.61. The van der Waals surface area contributed by atoms with Crippen LogP contribution in [0.1, 0.15) is 36.7 Å². The van der Waals surface area contributed by atoms with Crippen molar-refractivity contribution in [3.8, 4) is 0 Å². The molecule has 2 N–H and O–H groups in total. The lowest BCUT2D eigenvalue weighted by Crippen LogP contribution is -2.14. The molecule has 1 aromatic heterocycles. The van der Waals surface area contributed by atoms with Gasteiger partial charge < -0.3 is 5.84 Å². The molecule has 0 aliphatic rings. The number of nitrogens with zero attached hydrogens (tertiary/aromatic N) is 3. The van der Waals surface area contributed by atoms with Crippen molar-refractivity contribution >= 4 is 11.8 Å². The van der Waals surface area contributed by atoms with E-state index >= 15 is 0 Å². The van der Waals surface area contributed by atoms with Gasteiger partial charge in [-0.15, -0.1) is 10.2 Å². The van der Waals surface area contributed by atoms with Crippen LogP contribution >= 0.6 is 11.8 Å². The Hall–Kier alpha value is -1.49. The Morgan fingerprint density at radius 2 is 1.89 bits per heavy atom. The van der Waals surface area contributed by atoms with E-state index in [2.05, 4.69) is 55.2 Å². The molecule has 0 aliphatic carbocycles. The highest BCUT2D eigenvalue weighted by Crippen LogP contribution is 2.22. The highest BCUT2D eigenvalue weighted by Gasteiger charge is 2.12. The third-order valence-corrected chi connectivity index (χ3v) is 3.71. The first-order valence-electron chi connectivity index (χ1n) is 5.96. The minimum atomic E-state index is 0.288. The fourth-order valence-corrected chi connectivity index (χ4v) is 2.43. The highest BCUT2D eigenvalue weighted by molar-refractivity contribution is 7.98. The predicted octanol–water partition coefficient (Wildman–Crippen LogP) is 2.72. The van der Waals surface area contributed by atoms with Gasteiger partial charge in [-0.05, 0) is 12.5 Å². The maximum absolute atomic E-state index is 5.96. The Labute approximate surface area is 112 Å². The van der Waals surface area contributed by atoms with E-state index in [1.54, 1.807) is 16.4 Å². The van der Waals surface area contributed by atoms with Gasteiger partial charge in [0.05, 0.1) is 0 Å². The fourth-order valence-electron chi connectivity index (χ4n) is 1.61. The SMILES string of the molecule is Cc1ccc(CSc2nnc(C(C)C)n2N)cc1. The average molecular weight is 262 g/mol. The number of hydrogen-bond acceptors (Lipinski definition) is 4. The molecular weight excluding hydrogens is 244 g/mol. The van der Waals surface area contributed by atoms with Crippen LogP contribution in [0.2, 0.25) is 0 Å². The lowest BCUT2D eigenvalue weighted by atomic mass is 10.2. The van der Waals surface area contributed by atoms with Crippen LogP contribution in [0.5, 0.6) is 0 Å². The minimum Gasteiger partial charge on any atom is -0.336 e. The monoisotopic (exact) mass is 262 g/mol. The number of nitrogens with two attached hydrogens (primary N) is 1. The fraction of sp³-hybridized carbons (Fsp3) is 0.385. The van der Waals surface area contributed by atoms with Gasteiger partial charge >= 0.3 is 0 Å². The highest BCUT2D eigenvalue weighted by atomic mass is 32.2. The molecule has 4 nitrogen and oxygen atoms in total. The molecule has 0 saturated heterocycles. The number of thioether (sulfide) groups is 1. The van der Waals surface area contributed by atoms with E-state index < -0.39 is 0 Å². The topological polar surface area (TPSA) is 56.7 Å². The molecule has 0 atom stereocenters. The number of hydrogen-bond donors (Lipinski definition) is 1. The molecule has 2 rings (SSSR count). The van der Waals surface area contributed by atoms with Gasteiger partial charge in [0.2, 0.25) is 5.16 Å². The van der Waals surface area contributed by atoms with Crippen LogP contribution in [-0.2, 0) is 5.75 Å². The van der Waals surface area contributed by atoms with Crippen LogP contribution in [0.4, 0.5) is 0 Å². The van der Waals surface area contributed by atoms with Crippen LogP contribution in [0.25, 0.3) is 0 Å². The van der Waals surface area contributed by atoms with Gasteiger partial charge in [0, 0.05) is 11.7 Å². The second-order valence-corrected chi connectivity index (χ2v) is 5.58. The van der Waals surface area contributed by atoms with Gasteiger partial charge in [-0.2, -0.15) is 0 Å². The largest absolute Gasteiger partial charge is 0.336 e. The maximum atomic E-state index is 5.96. The molecule has 0 saturated carbocycles. The molecule has 0 radical (unpaired) electrons. The number of benzene rings is 1. The summed E-state index contributed by atoms with van der Waals surface area (Å²) in [6.07, 6.45) is 0. The molecule has 5 heteroatoms. The molecule has 96 valence electrons. The van der Waals surface area contributed by atoms with Crippen molar-refractivity contribution in [3.63, 3.8) is 0 Å². The van der Waals surface area contributed by atoms with Crippen LogP contribution < -0.4 is 5.84 Å². The summed E-state index contributed by atoms with van der Waals surface area (Å²) in [5.41, 5.74) is 2.53. The molecule has 0 fully saturated rings. The van der Waals surface area contributed by atoms with Crippen LogP contribution in [-0.4, -0.2) is 14.9 Å². The summed E-state index contributed by atoms with van der Waals surface area (Å²) in [6.45, 7) is 6.20. The second kappa shape index (κ2) is 5.44. The van der Waals surface area contributed by atoms with Gasteiger partial charge in [0.15, 0.2) is 5.82 Å². The Bertz CT molecular complexity index is 516. The van der Waals surface area contributed by atoms with Gasteiger partial charge in [-0.25, -0.2) is 4.68 Å². The number of rotatable bonds is 4. The van der Waals surface area contributed by atoms with E-state index in [4.69, 9.17) is 5.84 Å². The molecule has 0 bridgehead atoms. The quantitative estimate of drug-likeness (QED) is 0.680. The van der Waals surface area contributed by atoms with Gasteiger partial charge in [0.25, 0.3) is 0 Å². The van der Waals surface area contributed by atoms with Crippen molar-refractivity contribution in [2.75, 3.05) is 5.84 Å². The third-order valence-electron chi connectivity index (χ3n) is 2.70. The summed E-state index contributed by atoms with van der Waals surface area (Å²) in [4.78, 5) is 0. The first-order valence-corrected chi connectivity index (χ1v) is 6.95. The summed E-state index contributed by atoms with van der Waals surface area (Å²) in [7, 11) is 0.